The molecule has 5 nitrogen and oxygen atoms in total. The highest BCUT2D eigenvalue weighted by molar-refractivity contribution is 9.10. The van der Waals surface area contributed by atoms with E-state index >= 15 is 0 Å². The van der Waals surface area contributed by atoms with Gasteiger partial charge in [0.2, 0.25) is 5.88 Å². The van der Waals surface area contributed by atoms with Crippen LogP contribution in [0, 0.1) is 0 Å². The average molecular weight is 300 g/mol. The maximum absolute atomic E-state index is 11.1. The smallest absolute Gasteiger partial charge is 0.503 e. The van der Waals surface area contributed by atoms with Crippen LogP contribution in [-0.4, -0.2) is 22.9 Å². The average Bonchev–Trinajstić information content (AvgIpc) is 2.57. The summed E-state index contributed by atoms with van der Waals surface area (Å²) in [7, 11) is 0. The Morgan fingerprint density at radius 3 is 3.00 bits per heavy atom. The lowest BCUT2D eigenvalue weighted by Gasteiger charge is -2.01. The molecular formula is C11H10BrNO4. The molecule has 0 aliphatic carbocycles. The van der Waals surface area contributed by atoms with E-state index in [0.29, 0.717) is 10.9 Å². The minimum Gasteiger partial charge on any atom is -0.503 e. The first-order chi connectivity index (χ1) is 8.11. The van der Waals surface area contributed by atoms with Gasteiger partial charge in [-0.2, -0.15) is 0 Å². The number of hydrogen-bond donors (Lipinski definition) is 2. The van der Waals surface area contributed by atoms with Gasteiger partial charge in [0.25, 0.3) is 0 Å². The molecule has 0 bridgehead atoms. The number of rotatable bonds is 2. The van der Waals surface area contributed by atoms with E-state index in [1.807, 2.05) is 6.07 Å². The van der Waals surface area contributed by atoms with Crippen LogP contribution in [0.3, 0.4) is 0 Å². The van der Waals surface area contributed by atoms with Crippen LogP contribution in [0.1, 0.15) is 6.92 Å². The van der Waals surface area contributed by atoms with Crippen molar-refractivity contribution >= 4 is 33.0 Å². The highest BCUT2D eigenvalue weighted by atomic mass is 79.9. The summed E-state index contributed by atoms with van der Waals surface area (Å²) in [6.45, 7) is 1.88. The van der Waals surface area contributed by atoms with Gasteiger partial charge < -0.3 is 19.6 Å². The van der Waals surface area contributed by atoms with Crippen LogP contribution in [0.2, 0.25) is 0 Å². The van der Waals surface area contributed by atoms with Gasteiger partial charge in [-0.05, 0) is 25.1 Å². The van der Waals surface area contributed by atoms with E-state index in [1.54, 1.807) is 19.1 Å². The number of aromatic nitrogens is 1. The minimum atomic E-state index is -0.853. The van der Waals surface area contributed by atoms with Crippen LogP contribution < -0.4 is 4.74 Å². The Bertz CT molecular complexity index is 564. The molecule has 0 unspecified atom stereocenters. The molecule has 0 amide bonds. The predicted molar refractivity (Wildman–Crippen MR) is 65.3 cm³/mol. The quantitative estimate of drug-likeness (QED) is 0.836. The number of ether oxygens (including phenoxy) is 2. The number of H-pyrrole nitrogens is 1. The fraction of sp³-hybridized carbons (Fsp3) is 0.182. The largest absolute Gasteiger partial charge is 0.515 e. The number of nitrogens with one attached hydrogen (secondary N) is 1. The van der Waals surface area contributed by atoms with Crippen LogP contribution >= 0.6 is 15.9 Å². The molecule has 1 aromatic heterocycles. The van der Waals surface area contributed by atoms with E-state index in [-0.39, 0.29) is 18.2 Å². The maximum Gasteiger partial charge on any atom is 0.515 e. The summed E-state index contributed by atoms with van der Waals surface area (Å²) in [5, 5.41) is 10.4. The van der Waals surface area contributed by atoms with Crippen molar-refractivity contribution in [2.24, 2.45) is 0 Å². The van der Waals surface area contributed by atoms with Crippen LogP contribution in [0.4, 0.5) is 4.79 Å². The monoisotopic (exact) mass is 299 g/mol. The van der Waals surface area contributed by atoms with Gasteiger partial charge >= 0.3 is 6.16 Å². The van der Waals surface area contributed by atoms with Crippen molar-refractivity contribution < 1.29 is 19.4 Å². The predicted octanol–water partition coefficient (Wildman–Crippen LogP) is 3.17. The van der Waals surface area contributed by atoms with Gasteiger partial charge in [-0.3, -0.25) is 0 Å². The van der Waals surface area contributed by atoms with Gasteiger partial charge in [0.05, 0.1) is 12.1 Å². The summed E-state index contributed by atoms with van der Waals surface area (Å²) >= 11 is 3.29. The maximum atomic E-state index is 11.1. The fourth-order valence-corrected chi connectivity index (χ4v) is 1.79. The van der Waals surface area contributed by atoms with E-state index < -0.39 is 6.16 Å². The van der Waals surface area contributed by atoms with Crippen molar-refractivity contribution in [2.75, 3.05) is 6.61 Å². The number of benzene rings is 1. The first-order valence-corrected chi connectivity index (χ1v) is 5.76. The van der Waals surface area contributed by atoms with Gasteiger partial charge in [0.1, 0.15) is 0 Å². The second-order valence-electron chi connectivity index (χ2n) is 3.28. The summed E-state index contributed by atoms with van der Waals surface area (Å²) in [6.07, 6.45) is -0.853. The first-order valence-electron chi connectivity index (χ1n) is 4.96. The molecule has 0 fully saturated rings. The second kappa shape index (κ2) is 4.67. The van der Waals surface area contributed by atoms with E-state index in [0.717, 1.165) is 4.47 Å². The van der Waals surface area contributed by atoms with Gasteiger partial charge in [0.15, 0.2) is 5.75 Å². The molecule has 0 saturated carbocycles. The normalized spacial score (nSPS) is 10.5. The van der Waals surface area contributed by atoms with Crippen molar-refractivity contribution in [1.82, 2.24) is 4.98 Å². The molecular weight excluding hydrogens is 290 g/mol. The third kappa shape index (κ3) is 2.36. The summed E-state index contributed by atoms with van der Waals surface area (Å²) < 4.78 is 10.3. The summed E-state index contributed by atoms with van der Waals surface area (Å²) in [4.78, 5) is 13.9. The molecule has 2 N–H and O–H groups in total. The topological polar surface area (TPSA) is 71.5 Å². The van der Waals surface area contributed by atoms with Crippen molar-refractivity contribution in [3.63, 3.8) is 0 Å². The molecule has 1 heterocycles. The Morgan fingerprint density at radius 2 is 2.29 bits per heavy atom. The van der Waals surface area contributed by atoms with Crippen molar-refractivity contribution in [3.8, 4) is 11.6 Å². The number of aromatic amines is 1. The fourth-order valence-electron chi connectivity index (χ4n) is 1.43. The lowest BCUT2D eigenvalue weighted by atomic mass is 10.2. The lowest BCUT2D eigenvalue weighted by molar-refractivity contribution is 0.102. The number of aromatic hydroxyl groups is 1. The minimum absolute atomic E-state index is 0.0171. The molecule has 0 spiro atoms. The Kier molecular flexibility index (Phi) is 3.23. The molecule has 2 aromatic rings. The van der Waals surface area contributed by atoms with Gasteiger partial charge in [-0.25, -0.2) is 4.79 Å². The molecule has 0 aliphatic rings. The first kappa shape index (κ1) is 11.8. The SMILES string of the molecule is CCOC(=O)Oc1[nH]c2ccc(Br)cc2c1O. The molecule has 0 aliphatic heterocycles. The highest BCUT2D eigenvalue weighted by Crippen LogP contribution is 2.36. The molecule has 0 saturated heterocycles. The van der Waals surface area contributed by atoms with Crippen LogP contribution in [0.25, 0.3) is 10.9 Å². The third-order valence-corrected chi connectivity index (χ3v) is 2.64. The molecule has 0 radical (unpaired) electrons. The van der Waals surface area contributed by atoms with Gasteiger partial charge in [-0.15, -0.1) is 0 Å². The summed E-state index contributed by atoms with van der Waals surface area (Å²) in [6, 6.07) is 5.29. The second-order valence-corrected chi connectivity index (χ2v) is 4.19. The Labute approximate surface area is 105 Å². The zero-order valence-corrected chi connectivity index (χ0v) is 10.6. The van der Waals surface area contributed by atoms with E-state index in [1.165, 1.54) is 0 Å². The standard InChI is InChI=1S/C11H10BrNO4/c1-2-16-11(15)17-10-9(14)7-5-6(12)3-4-8(7)13-10/h3-5,13-14H,2H2,1H3. The number of halogens is 1. The summed E-state index contributed by atoms with van der Waals surface area (Å²) in [5.74, 6) is -0.133. The van der Waals surface area contributed by atoms with Gasteiger partial charge in [-0.1, -0.05) is 15.9 Å². The Balaban J connectivity index is 2.35. The van der Waals surface area contributed by atoms with Crippen molar-refractivity contribution in [3.05, 3.63) is 22.7 Å². The number of fused-ring (bicyclic) bond motifs is 1. The third-order valence-electron chi connectivity index (χ3n) is 2.15. The van der Waals surface area contributed by atoms with Crippen LogP contribution in [0.15, 0.2) is 22.7 Å². The number of carbonyl (C=O) groups is 1. The van der Waals surface area contributed by atoms with E-state index in [9.17, 15) is 9.90 Å². The van der Waals surface area contributed by atoms with Crippen molar-refractivity contribution in [1.29, 1.82) is 0 Å². The molecule has 90 valence electrons. The zero-order valence-electron chi connectivity index (χ0n) is 8.99. The van der Waals surface area contributed by atoms with E-state index in [2.05, 4.69) is 25.7 Å². The number of hydrogen-bond acceptors (Lipinski definition) is 4. The lowest BCUT2D eigenvalue weighted by Crippen LogP contribution is -2.10. The zero-order chi connectivity index (χ0) is 12.4. The summed E-state index contributed by atoms with van der Waals surface area (Å²) in [5.41, 5.74) is 0.671. The van der Waals surface area contributed by atoms with E-state index in [4.69, 9.17) is 4.74 Å². The molecule has 2 rings (SSSR count). The number of carbonyl (C=O) groups excluding carboxylic acids is 1. The van der Waals surface area contributed by atoms with Crippen LogP contribution in [-0.2, 0) is 4.74 Å². The van der Waals surface area contributed by atoms with Crippen molar-refractivity contribution in [2.45, 2.75) is 6.92 Å². The Morgan fingerprint density at radius 1 is 1.53 bits per heavy atom. The van der Waals surface area contributed by atoms with Gasteiger partial charge in [0, 0.05) is 9.86 Å². The molecule has 1 aromatic carbocycles. The highest BCUT2D eigenvalue weighted by Gasteiger charge is 2.15. The Hall–Kier alpha value is -1.69. The molecule has 6 heteroatoms. The molecule has 17 heavy (non-hydrogen) atoms. The molecule has 0 atom stereocenters. The van der Waals surface area contributed by atoms with Crippen LogP contribution in [0.5, 0.6) is 11.6 Å².